The molecule has 2 nitrogen and oxygen atoms in total. The zero-order valence-corrected chi connectivity index (χ0v) is 14.6. The van der Waals surface area contributed by atoms with E-state index >= 15 is 0 Å². The summed E-state index contributed by atoms with van der Waals surface area (Å²) in [6, 6.07) is 0. The summed E-state index contributed by atoms with van der Waals surface area (Å²) in [4.78, 5) is 10.5. The fourth-order valence-electron chi connectivity index (χ4n) is 3.81. The van der Waals surface area contributed by atoms with Gasteiger partial charge < -0.3 is 5.11 Å². The summed E-state index contributed by atoms with van der Waals surface area (Å²) in [5, 5.41) is 8.62. The third-order valence-corrected chi connectivity index (χ3v) is 5.10. The Morgan fingerprint density at radius 2 is 1.59 bits per heavy atom. The van der Waals surface area contributed by atoms with Crippen molar-refractivity contribution in [1.29, 1.82) is 0 Å². The van der Waals surface area contributed by atoms with E-state index in [0.29, 0.717) is 6.42 Å². The molecule has 1 fully saturated rings. The lowest BCUT2D eigenvalue weighted by Crippen LogP contribution is -2.08. The van der Waals surface area contributed by atoms with Crippen molar-refractivity contribution < 1.29 is 9.90 Å². The first-order valence-electron chi connectivity index (χ1n) is 9.60. The van der Waals surface area contributed by atoms with Gasteiger partial charge in [0.15, 0.2) is 0 Å². The van der Waals surface area contributed by atoms with Gasteiger partial charge in [-0.25, -0.2) is 0 Å². The summed E-state index contributed by atoms with van der Waals surface area (Å²) in [5.74, 6) is 1.28. The lowest BCUT2D eigenvalue weighted by Gasteiger charge is -2.19. The second-order valence-corrected chi connectivity index (χ2v) is 6.99. The molecule has 22 heavy (non-hydrogen) atoms. The zero-order valence-electron chi connectivity index (χ0n) is 14.6. The Balaban J connectivity index is 2.03. The summed E-state index contributed by atoms with van der Waals surface area (Å²) in [7, 11) is 0. The number of carboxylic acids is 1. The minimum Gasteiger partial charge on any atom is -0.481 e. The summed E-state index contributed by atoms with van der Waals surface area (Å²) >= 11 is 0. The van der Waals surface area contributed by atoms with Crippen LogP contribution >= 0.6 is 0 Å². The smallest absolute Gasteiger partial charge is 0.303 e. The number of carbonyl (C=O) groups is 1. The fraction of sp³-hybridized carbons (Fsp3) is 0.850. The Labute approximate surface area is 137 Å². The number of hydrogen-bond acceptors (Lipinski definition) is 1. The molecule has 0 aromatic heterocycles. The van der Waals surface area contributed by atoms with Gasteiger partial charge in [0.2, 0.25) is 0 Å². The molecule has 2 heteroatoms. The molecular formula is C20H36O2. The van der Waals surface area contributed by atoms with Gasteiger partial charge in [0, 0.05) is 6.42 Å². The van der Waals surface area contributed by atoms with Crippen LogP contribution in [0, 0.1) is 11.8 Å². The standard InChI is InChI=1S/C20H36O2/c1-2-3-4-5-6-9-13-18-15-12-16-19(18)14-10-7-8-11-17-20(21)22/h4-5,18-19H,2-3,6-17H2,1H3,(H,21,22)/t18-,19-/m0/s1. The van der Waals surface area contributed by atoms with Gasteiger partial charge in [-0.05, 0) is 43.9 Å². The molecule has 1 saturated carbocycles. The molecule has 0 bridgehead atoms. The van der Waals surface area contributed by atoms with Crippen molar-refractivity contribution in [1.82, 2.24) is 0 Å². The van der Waals surface area contributed by atoms with E-state index in [4.69, 9.17) is 5.11 Å². The van der Waals surface area contributed by atoms with Crippen molar-refractivity contribution in [2.75, 3.05) is 0 Å². The Hall–Kier alpha value is -0.790. The number of rotatable bonds is 13. The molecule has 0 amide bonds. The Bertz CT molecular complexity index is 309. The molecule has 0 spiro atoms. The summed E-state index contributed by atoms with van der Waals surface area (Å²) < 4.78 is 0. The molecule has 2 atom stereocenters. The number of allylic oxidation sites excluding steroid dienone is 2. The first-order valence-corrected chi connectivity index (χ1v) is 9.60. The third-order valence-electron chi connectivity index (χ3n) is 5.10. The average Bonchev–Trinajstić information content (AvgIpc) is 2.93. The van der Waals surface area contributed by atoms with Crippen LogP contribution in [-0.2, 0) is 4.79 Å². The van der Waals surface area contributed by atoms with Crippen LogP contribution in [0.2, 0.25) is 0 Å². The highest BCUT2D eigenvalue weighted by atomic mass is 16.4. The zero-order chi connectivity index (χ0) is 16.0. The van der Waals surface area contributed by atoms with Crippen LogP contribution in [0.4, 0.5) is 0 Å². The van der Waals surface area contributed by atoms with Gasteiger partial charge in [-0.3, -0.25) is 4.79 Å². The van der Waals surface area contributed by atoms with Crippen molar-refractivity contribution in [3.63, 3.8) is 0 Å². The Kier molecular flexibility index (Phi) is 11.1. The minimum atomic E-state index is -0.649. The first-order chi connectivity index (χ1) is 10.7. The van der Waals surface area contributed by atoms with E-state index < -0.39 is 5.97 Å². The average molecular weight is 309 g/mol. The second-order valence-electron chi connectivity index (χ2n) is 6.99. The van der Waals surface area contributed by atoms with Gasteiger partial charge in [-0.2, -0.15) is 0 Å². The molecule has 0 aromatic rings. The molecule has 0 heterocycles. The monoisotopic (exact) mass is 308 g/mol. The molecular weight excluding hydrogens is 272 g/mol. The highest BCUT2D eigenvalue weighted by Crippen LogP contribution is 2.38. The molecule has 1 aliphatic rings. The molecule has 0 aromatic carbocycles. The molecule has 0 unspecified atom stereocenters. The highest BCUT2D eigenvalue weighted by molar-refractivity contribution is 5.66. The van der Waals surface area contributed by atoms with E-state index in [9.17, 15) is 4.79 Å². The maximum Gasteiger partial charge on any atom is 0.303 e. The molecule has 0 aliphatic heterocycles. The highest BCUT2D eigenvalue weighted by Gasteiger charge is 2.25. The molecule has 1 rings (SSSR count). The Morgan fingerprint density at radius 3 is 2.27 bits per heavy atom. The lowest BCUT2D eigenvalue weighted by atomic mass is 9.87. The van der Waals surface area contributed by atoms with Gasteiger partial charge in [0.1, 0.15) is 0 Å². The van der Waals surface area contributed by atoms with Crippen LogP contribution in [0.3, 0.4) is 0 Å². The lowest BCUT2D eigenvalue weighted by molar-refractivity contribution is -0.137. The van der Waals surface area contributed by atoms with E-state index in [1.54, 1.807) is 0 Å². The van der Waals surface area contributed by atoms with E-state index in [0.717, 1.165) is 24.7 Å². The summed E-state index contributed by atoms with van der Waals surface area (Å²) in [6.45, 7) is 2.23. The Morgan fingerprint density at radius 1 is 0.955 bits per heavy atom. The predicted molar refractivity (Wildman–Crippen MR) is 94.1 cm³/mol. The van der Waals surface area contributed by atoms with Crippen molar-refractivity contribution in [2.45, 2.75) is 96.8 Å². The molecule has 128 valence electrons. The van der Waals surface area contributed by atoms with Crippen molar-refractivity contribution >= 4 is 5.97 Å². The van der Waals surface area contributed by atoms with Crippen molar-refractivity contribution in [2.24, 2.45) is 11.8 Å². The number of unbranched alkanes of at least 4 members (excludes halogenated alkanes) is 5. The summed E-state index contributed by atoms with van der Waals surface area (Å²) in [6.07, 6.45) is 21.7. The van der Waals surface area contributed by atoms with Crippen LogP contribution in [-0.4, -0.2) is 11.1 Å². The van der Waals surface area contributed by atoms with Crippen molar-refractivity contribution in [3.8, 4) is 0 Å². The minimum absolute atomic E-state index is 0.345. The van der Waals surface area contributed by atoms with Crippen LogP contribution in [0.5, 0.6) is 0 Å². The van der Waals surface area contributed by atoms with Gasteiger partial charge in [-0.1, -0.05) is 70.4 Å². The maximum absolute atomic E-state index is 10.5. The topological polar surface area (TPSA) is 37.3 Å². The van der Waals surface area contributed by atoms with Crippen LogP contribution in [0.1, 0.15) is 96.8 Å². The molecule has 1 N–H and O–H groups in total. The van der Waals surface area contributed by atoms with E-state index in [2.05, 4.69) is 19.1 Å². The maximum atomic E-state index is 10.5. The van der Waals surface area contributed by atoms with E-state index in [-0.39, 0.29) is 0 Å². The normalized spacial score (nSPS) is 21.7. The SMILES string of the molecule is CCCC=CCCC[C@H]1CCC[C@@H]1CCCCCCC(=O)O. The number of aliphatic carboxylic acids is 1. The predicted octanol–water partition coefficient (Wildman–Crippen LogP) is 6.35. The quantitative estimate of drug-likeness (QED) is 0.318. The molecule has 1 aliphatic carbocycles. The van der Waals surface area contributed by atoms with Crippen LogP contribution in [0.15, 0.2) is 12.2 Å². The van der Waals surface area contributed by atoms with Crippen LogP contribution < -0.4 is 0 Å². The molecule has 0 radical (unpaired) electrons. The third kappa shape index (κ3) is 9.27. The van der Waals surface area contributed by atoms with Gasteiger partial charge in [0.05, 0.1) is 0 Å². The van der Waals surface area contributed by atoms with Gasteiger partial charge >= 0.3 is 5.97 Å². The first kappa shape index (κ1) is 19.3. The number of hydrogen-bond donors (Lipinski definition) is 1. The number of carboxylic acid groups (broad SMARTS) is 1. The van der Waals surface area contributed by atoms with E-state index in [1.165, 1.54) is 70.6 Å². The van der Waals surface area contributed by atoms with Crippen molar-refractivity contribution in [3.05, 3.63) is 12.2 Å². The molecule has 0 saturated heterocycles. The van der Waals surface area contributed by atoms with Gasteiger partial charge in [0.25, 0.3) is 0 Å². The fourth-order valence-corrected chi connectivity index (χ4v) is 3.81. The summed E-state index contributed by atoms with van der Waals surface area (Å²) in [5.41, 5.74) is 0. The van der Waals surface area contributed by atoms with Gasteiger partial charge in [-0.15, -0.1) is 0 Å². The largest absolute Gasteiger partial charge is 0.481 e. The second kappa shape index (κ2) is 12.7. The van der Waals surface area contributed by atoms with E-state index in [1.807, 2.05) is 0 Å². The van der Waals surface area contributed by atoms with Crippen LogP contribution in [0.25, 0.3) is 0 Å².